The third kappa shape index (κ3) is 3.30. The predicted octanol–water partition coefficient (Wildman–Crippen LogP) is 3.08. The van der Waals surface area contributed by atoms with Crippen molar-refractivity contribution in [3.63, 3.8) is 0 Å². The highest BCUT2D eigenvalue weighted by Gasteiger charge is 2.18. The Bertz CT molecular complexity index is 351. The van der Waals surface area contributed by atoms with Crippen LogP contribution in [-0.4, -0.2) is 19.8 Å². The fourth-order valence-corrected chi connectivity index (χ4v) is 2.52. The largest absolute Gasteiger partial charge is 0.380 e. The van der Waals surface area contributed by atoms with Gasteiger partial charge in [0.2, 0.25) is 0 Å². The Kier molecular flexibility index (Phi) is 4.57. The molecule has 0 saturated heterocycles. The molecule has 1 aliphatic rings. The number of nitrogens with one attached hydrogen (secondary N) is 1. The highest BCUT2D eigenvalue weighted by molar-refractivity contribution is 5.31. The second kappa shape index (κ2) is 6.18. The number of aryl methyl sites for hydroxylation is 1. The van der Waals surface area contributed by atoms with Crippen molar-refractivity contribution in [1.82, 2.24) is 5.32 Å². The van der Waals surface area contributed by atoms with Crippen LogP contribution in [0.3, 0.4) is 0 Å². The molecule has 1 aromatic carbocycles. The van der Waals surface area contributed by atoms with E-state index in [1.807, 2.05) is 0 Å². The first-order valence-corrected chi connectivity index (χ1v) is 6.65. The molecule has 0 saturated carbocycles. The zero-order valence-corrected chi connectivity index (χ0v) is 10.9. The lowest BCUT2D eigenvalue weighted by Crippen LogP contribution is -2.30. The molecule has 0 fully saturated rings. The van der Waals surface area contributed by atoms with Gasteiger partial charge in [0.25, 0.3) is 0 Å². The Balaban J connectivity index is 2.06. The van der Waals surface area contributed by atoms with Gasteiger partial charge in [-0.25, -0.2) is 0 Å². The minimum absolute atomic E-state index is 0.283. The number of methoxy groups -OCH3 is 1. The molecule has 0 amide bonds. The first-order valence-electron chi connectivity index (χ1n) is 6.65. The Hall–Kier alpha value is -0.860. The molecule has 0 bridgehead atoms. The van der Waals surface area contributed by atoms with Crippen LogP contribution in [0.4, 0.5) is 0 Å². The number of benzene rings is 1. The van der Waals surface area contributed by atoms with Gasteiger partial charge in [-0.05, 0) is 37.3 Å². The van der Waals surface area contributed by atoms with E-state index in [-0.39, 0.29) is 6.10 Å². The second-order valence-corrected chi connectivity index (χ2v) is 4.95. The molecule has 2 atom stereocenters. The van der Waals surface area contributed by atoms with Gasteiger partial charge in [0.1, 0.15) is 0 Å². The summed E-state index contributed by atoms with van der Waals surface area (Å²) in [5.41, 5.74) is 3.01. The van der Waals surface area contributed by atoms with E-state index in [2.05, 4.69) is 36.5 Å². The summed E-state index contributed by atoms with van der Waals surface area (Å²) in [6.45, 7) is 3.03. The molecule has 2 rings (SSSR count). The van der Waals surface area contributed by atoms with Crippen molar-refractivity contribution in [1.29, 1.82) is 0 Å². The molecular formula is C15H23NO. The minimum atomic E-state index is 0.283. The van der Waals surface area contributed by atoms with Gasteiger partial charge in [0.05, 0.1) is 6.10 Å². The van der Waals surface area contributed by atoms with E-state index >= 15 is 0 Å². The molecule has 1 aliphatic carbocycles. The van der Waals surface area contributed by atoms with Gasteiger partial charge in [-0.2, -0.15) is 0 Å². The lowest BCUT2D eigenvalue weighted by molar-refractivity contribution is 0.114. The number of hydrogen-bond donors (Lipinski definition) is 1. The van der Waals surface area contributed by atoms with E-state index < -0.39 is 0 Å². The van der Waals surface area contributed by atoms with E-state index in [9.17, 15) is 0 Å². The SMILES string of the molecule is COC(C)CNC1CCCCc2ccccc21. The van der Waals surface area contributed by atoms with Crippen LogP contribution in [0.2, 0.25) is 0 Å². The summed E-state index contributed by atoms with van der Waals surface area (Å²) in [6, 6.07) is 9.36. The molecule has 0 aliphatic heterocycles. The monoisotopic (exact) mass is 233 g/mol. The summed E-state index contributed by atoms with van der Waals surface area (Å²) >= 11 is 0. The molecule has 17 heavy (non-hydrogen) atoms. The Morgan fingerprint density at radius 2 is 2.18 bits per heavy atom. The zero-order valence-electron chi connectivity index (χ0n) is 10.9. The van der Waals surface area contributed by atoms with Crippen LogP contribution < -0.4 is 5.32 Å². The Morgan fingerprint density at radius 1 is 1.35 bits per heavy atom. The van der Waals surface area contributed by atoms with Crippen molar-refractivity contribution in [3.05, 3.63) is 35.4 Å². The van der Waals surface area contributed by atoms with Gasteiger partial charge >= 0.3 is 0 Å². The van der Waals surface area contributed by atoms with Crippen LogP contribution in [0.15, 0.2) is 24.3 Å². The number of hydrogen-bond acceptors (Lipinski definition) is 2. The van der Waals surface area contributed by atoms with Gasteiger partial charge < -0.3 is 10.1 Å². The van der Waals surface area contributed by atoms with E-state index in [1.54, 1.807) is 7.11 Å². The van der Waals surface area contributed by atoms with Crippen molar-refractivity contribution >= 4 is 0 Å². The van der Waals surface area contributed by atoms with Gasteiger partial charge in [-0.3, -0.25) is 0 Å². The van der Waals surface area contributed by atoms with Gasteiger partial charge in [0, 0.05) is 19.7 Å². The van der Waals surface area contributed by atoms with Crippen molar-refractivity contribution < 1.29 is 4.74 Å². The Morgan fingerprint density at radius 3 is 3.00 bits per heavy atom. The first-order chi connectivity index (χ1) is 8.31. The van der Waals surface area contributed by atoms with Crippen LogP contribution in [0.1, 0.15) is 43.4 Å². The second-order valence-electron chi connectivity index (χ2n) is 4.95. The van der Waals surface area contributed by atoms with Crippen molar-refractivity contribution in [3.8, 4) is 0 Å². The molecule has 0 spiro atoms. The predicted molar refractivity (Wildman–Crippen MR) is 71.2 cm³/mol. The van der Waals surface area contributed by atoms with Crippen molar-refractivity contribution in [2.75, 3.05) is 13.7 Å². The molecule has 2 unspecified atom stereocenters. The van der Waals surface area contributed by atoms with Crippen LogP contribution in [-0.2, 0) is 11.2 Å². The van der Waals surface area contributed by atoms with Crippen LogP contribution >= 0.6 is 0 Å². The first kappa shape index (κ1) is 12.6. The van der Waals surface area contributed by atoms with E-state index in [1.165, 1.54) is 36.8 Å². The minimum Gasteiger partial charge on any atom is -0.380 e. The third-order valence-corrected chi connectivity index (χ3v) is 3.67. The van der Waals surface area contributed by atoms with Gasteiger partial charge in [-0.1, -0.05) is 30.7 Å². The average Bonchev–Trinajstić information content (AvgIpc) is 2.58. The molecule has 2 heteroatoms. The molecule has 1 N–H and O–H groups in total. The van der Waals surface area contributed by atoms with Gasteiger partial charge in [-0.15, -0.1) is 0 Å². The molecule has 0 radical (unpaired) electrons. The third-order valence-electron chi connectivity index (χ3n) is 3.67. The number of rotatable bonds is 4. The molecule has 0 heterocycles. The maximum absolute atomic E-state index is 5.30. The summed E-state index contributed by atoms with van der Waals surface area (Å²) < 4.78 is 5.30. The standard InChI is InChI=1S/C15H23NO/c1-12(17-2)11-16-15-10-6-4-8-13-7-3-5-9-14(13)15/h3,5,7,9,12,15-16H,4,6,8,10-11H2,1-2H3. The quantitative estimate of drug-likeness (QED) is 0.807. The van der Waals surface area contributed by atoms with Crippen molar-refractivity contribution in [2.24, 2.45) is 0 Å². The molecule has 1 aromatic rings. The molecule has 2 nitrogen and oxygen atoms in total. The zero-order chi connectivity index (χ0) is 12.1. The highest BCUT2D eigenvalue weighted by atomic mass is 16.5. The van der Waals surface area contributed by atoms with Crippen LogP contribution in [0.25, 0.3) is 0 Å². The summed E-state index contributed by atoms with van der Waals surface area (Å²) in [7, 11) is 1.77. The highest BCUT2D eigenvalue weighted by Crippen LogP contribution is 2.28. The summed E-state index contributed by atoms with van der Waals surface area (Å²) in [5, 5.41) is 3.64. The lowest BCUT2D eigenvalue weighted by Gasteiger charge is -2.21. The van der Waals surface area contributed by atoms with Gasteiger partial charge in [0.15, 0.2) is 0 Å². The number of ether oxygens (including phenoxy) is 1. The average molecular weight is 233 g/mol. The van der Waals surface area contributed by atoms with Crippen LogP contribution in [0, 0.1) is 0 Å². The fourth-order valence-electron chi connectivity index (χ4n) is 2.52. The normalized spacial score (nSPS) is 21.6. The van der Waals surface area contributed by atoms with E-state index in [4.69, 9.17) is 4.74 Å². The lowest BCUT2D eigenvalue weighted by atomic mass is 9.99. The number of fused-ring (bicyclic) bond motifs is 1. The van der Waals surface area contributed by atoms with Crippen LogP contribution in [0.5, 0.6) is 0 Å². The summed E-state index contributed by atoms with van der Waals surface area (Å²) in [4.78, 5) is 0. The molecule has 94 valence electrons. The maximum Gasteiger partial charge on any atom is 0.0667 e. The fraction of sp³-hybridized carbons (Fsp3) is 0.600. The summed E-state index contributed by atoms with van der Waals surface area (Å²) in [5.74, 6) is 0. The van der Waals surface area contributed by atoms with E-state index in [0.29, 0.717) is 6.04 Å². The van der Waals surface area contributed by atoms with E-state index in [0.717, 1.165) is 6.54 Å². The maximum atomic E-state index is 5.30. The smallest absolute Gasteiger partial charge is 0.0667 e. The summed E-state index contributed by atoms with van der Waals surface area (Å²) in [6.07, 6.45) is 5.38. The topological polar surface area (TPSA) is 21.3 Å². The molecule has 0 aromatic heterocycles. The van der Waals surface area contributed by atoms with Crippen molar-refractivity contribution in [2.45, 2.75) is 44.8 Å². The Labute approximate surface area is 104 Å². The molecular weight excluding hydrogens is 210 g/mol.